The Balaban J connectivity index is 1.74. The third kappa shape index (κ3) is 6.19. The Morgan fingerprint density at radius 1 is 0.935 bits per heavy atom. The van der Waals surface area contributed by atoms with E-state index in [2.05, 4.69) is 6.92 Å². The molecule has 0 aromatic heterocycles. The number of ether oxygens (including phenoxy) is 1. The average Bonchev–Trinajstić information content (AvgIpc) is 2.81. The number of carboxylic acids is 1. The van der Waals surface area contributed by atoms with Gasteiger partial charge in [0, 0.05) is 12.1 Å². The van der Waals surface area contributed by atoms with Gasteiger partial charge in [0.15, 0.2) is 0 Å². The van der Waals surface area contributed by atoms with Crippen LogP contribution in [0.25, 0.3) is 0 Å². The minimum Gasteiger partial charge on any atom is -0.494 e. The second-order valence-corrected chi connectivity index (χ2v) is 7.23. The van der Waals surface area contributed by atoms with Gasteiger partial charge in [-0.3, -0.25) is 4.79 Å². The number of carbonyl (C=O) groups excluding carboxylic acids is 1. The van der Waals surface area contributed by atoms with Crippen LogP contribution >= 0.6 is 0 Å². The van der Waals surface area contributed by atoms with Gasteiger partial charge in [-0.2, -0.15) is 0 Å². The van der Waals surface area contributed by atoms with Crippen molar-refractivity contribution in [1.82, 2.24) is 0 Å². The van der Waals surface area contributed by atoms with E-state index in [9.17, 15) is 14.7 Å². The van der Waals surface area contributed by atoms with E-state index in [1.54, 1.807) is 23.1 Å². The molecule has 0 atom stereocenters. The van der Waals surface area contributed by atoms with Gasteiger partial charge in [-0.1, -0.05) is 55.5 Å². The Bertz CT molecular complexity index is 1020. The number of hydrogen-bond acceptors (Lipinski definition) is 3. The van der Waals surface area contributed by atoms with Gasteiger partial charge < -0.3 is 14.7 Å². The van der Waals surface area contributed by atoms with Crippen LogP contribution in [0, 0.1) is 0 Å². The van der Waals surface area contributed by atoms with Crippen molar-refractivity contribution in [2.24, 2.45) is 0 Å². The van der Waals surface area contributed by atoms with Crippen molar-refractivity contribution < 1.29 is 19.4 Å². The number of para-hydroxylation sites is 2. The first-order valence-corrected chi connectivity index (χ1v) is 10.5. The smallest absolute Gasteiger partial charge is 0.335 e. The summed E-state index contributed by atoms with van der Waals surface area (Å²) in [5.74, 6) is -0.210. The highest BCUT2D eigenvalue weighted by molar-refractivity contribution is 5.94. The van der Waals surface area contributed by atoms with Crippen molar-refractivity contribution in [1.29, 1.82) is 0 Å². The molecular formula is C26H27NO4. The lowest BCUT2D eigenvalue weighted by atomic mass is 10.1. The maximum atomic E-state index is 13.2. The minimum absolute atomic E-state index is 0.0155. The minimum atomic E-state index is -0.980. The average molecular weight is 418 g/mol. The predicted octanol–water partition coefficient (Wildman–Crippen LogP) is 5.34. The van der Waals surface area contributed by atoms with Gasteiger partial charge in [0.2, 0.25) is 5.91 Å². The summed E-state index contributed by atoms with van der Waals surface area (Å²) in [6.45, 7) is 2.82. The quantitative estimate of drug-likeness (QED) is 0.452. The molecule has 0 spiro atoms. The van der Waals surface area contributed by atoms with E-state index in [0.717, 1.165) is 29.0 Å². The standard InChI is InChI=1S/C26H27NO4/c1-2-21-11-6-7-15-24(21)27(19-20-10-8-12-22(18-20)26(29)30)25(28)16-9-17-31-23-13-4-3-5-14-23/h3-8,10-15,18H,2,9,16-17,19H2,1H3,(H,29,30). The van der Waals surface area contributed by atoms with Crippen molar-refractivity contribution >= 4 is 17.6 Å². The number of carbonyl (C=O) groups is 2. The molecule has 0 saturated heterocycles. The van der Waals surface area contributed by atoms with Gasteiger partial charge in [0.1, 0.15) is 5.75 Å². The Morgan fingerprint density at radius 3 is 2.42 bits per heavy atom. The number of hydrogen-bond donors (Lipinski definition) is 1. The van der Waals surface area contributed by atoms with Crippen molar-refractivity contribution in [2.45, 2.75) is 32.7 Å². The maximum absolute atomic E-state index is 13.2. The van der Waals surface area contributed by atoms with Gasteiger partial charge in [-0.25, -0.2) is 4.79 Å². The summed E-state index contributed by atoms with van der Waals surface area (Å²) in [5, 5.41) is 9.29. The van der Waals surface area contributed by atoms with E-state index < -0.39 is 5.97 Å². The van der Waals surface area contributed by atoms with Crippen molar-refractivity contribution in [3.8, 4) is 5.75 Å². The highest BCUT2D eigenvalue weighted by Gasteiger charge is 2.19. The molecule has 0 aliphatic rings. The second kappa shape index (κ2) is 11.0. The third-order valence-corrected chi connectivity index (χ3v) is 5.03. The lowest BCUT2D eigenvalue weighted by molar-refractivity contribution is -0.119. The van der Waals surface area contributed by atoms with Crippen molar-refractivity contribution in [3.05, 3.63) is 95.6 Å². The summed E-state index contributed by atoms with van der Waals surface area (Å²) in [4.78, 5) is 26.3. The van der Waals surface area contributed by atoms with E-state index in [-0.39, 0.29) is 11.5 Å². The first-order chi connectivity index (χ1) is 15.1. The monoisotopic (exact) mass is 417 g/mol. The molecule has 0 unspecified atom stereocenters. The Labute approximate surface area is 182 Å². The molecule has 3 aromatic carbocycles. The molecule has 0 radical (unpaired) electrons. The number of amides is 1. The van der Waals surface area contributed by atoms with Crippen LogP contribution in [0.5, 0.6) is 5.75 Å². The zero-order chi connectivity index (χ0) is 22.1. The van der Waals surface area contributed by atoms with Crippen molar-refractivity contribution in [3.63, 3.8) is 0 Å². The molecule has 1 amide bonds. The second-order valence-electron chi connectivity index (χ2n) is 7.23. The fourth-order valence-electron chi connectivity index (χ4n) is 3.43. The topological polar surface area (TPSA) is 66.8 Å². The molecule has 3 rings (SSSR count). The zero-order valence-electron chi connectivity index (χ0n) is 17.7. The van der Waals surface area contributed by atoms with Crippen LogP contribution in [0.3, 0.4) is 0 Å². The van der Waals surface area contributed by atoms with E-state index in [4.69, 9.17) is 4.74 Å². The molecule has 5 nitrogen and oxygen atoms in total. The van der Waals surface area contributed by atoms with Crippen LogP contribution < -0.4 is 9.64 Å². The summed E-state index contributed by atoms with van der Waals surface area (Å²) < 4.78 is 5.71. The number of carboxylic acid groups (broad SMARTS) is 1. The van der Waals surface area contributed by atoms with Crippen LogP contribution in [0.1, 0.15) is 41.3 Å². The van der Waals surface area contributed by atoms with Gasteiger partial charge >= 0.3 is 5.97 Å². The number of aryl methyl sites for hydroxylation is 1. The largest absolute Gasteiger partial charge is 0.494 e. The molecule has 0 saturated carbocycles. The fraction of sp³-hybridized carbons (Fsp3) is 0.231. The summed E-state index contributed by atoms with van der Waals surface area (Å²) >= 11 is 0. The molecule has 160 valence electrons. The molecule has 0 fully saturated rings. The summed E-state index contributed by atoms with van der Waals surface area (Å²) in [7, 11) is 0. The van der Waals surface area contributed by atoms with Crippen LogP contribution in [0.15, 0.2) is 78.9 Å². The Morgan fingerprint density at radius 2 is 1.68 bits per heavy atom. The fourth-order valence-corrected chi connectivity index (χ4v) is 3.43. The molecule has 5 heteroatoms. The number of anilines is 1. The highest BCUT2D eigenvalue weighted by Crippen LogP contribution is 2.25. The lowest BCUT2D eigenvalue weighted by Crippen LogP contribution is -2.31. The molecule has 31 heavy (non-hydrogen) atoms. The normalized spacial score (nSPS) is 10.5. The van der Waals surface area contributed by atoms with Crippen molar-refractivity contribution in [2.75, 3.05) is 11.5 Å². The number of nitrogens with zero attached hydrogens (tertiary/aromatic N) is 1. The Kier molecular flexibility index (Phi) is 7.82. The first kappa shape index (κ1) is 22.1. The van der Waals surface area contributed by atoms with E-state index in [1.807, 2.05) is 60.7 Å². The molecule has 0 bridgehead atoms. The SMILES string of the molecule is CCc1ccccc1N(Cc1cccc(C(=O)O)c1)C(=O)CCCOc1ccccc1. The van der Waals surface area contributed by atoms with Crippen LogP contribution in [0.2, 0.25) is 0 Å². The van der Waals surface area contributed by atoms with E-state index in [0.29, 0.717) is 26.0 Å². The molecule has 0 heterocycles. The first-order valence-electron chi connectivity index (χ1n) is 10.5. The molecule has 0 aliphatic heterocycles. The molecule has 3 aromatic rings. The number of benzene rings is 3. The maximum Gasteiger partial charge on any atom is 0.335 e. The van der Waals surface area contributed by atoms with Crippen LogP contribution in [0.4, 0.5) is 5.69 Å². The molecule has 0 aliphatic carbocycles. The number of rotatable bonds is 10. The summed E-state index contributed by atoms with van der Waals surface area (Å²) in [5.41, 5.74) is 2.93. The molecular weight excluding hydrogens is 390 g/mol. The lowest BCUT2D eigenvalue weighted by Gasteiger charge is -2.25. The summed E-state index contributed by atoms with van der Waals surface area (Å²) in [6, 6.07) is 24.1. The highest BCUT2D eigenvalue weighted by atomic mass is 16.5. The molecule has 1 N–H and O–H groups in total. The van der Waals surface area contributed by atoms with Gasteiger partial charge in [-0.05, 0) is 54.3 Å². The van der Waals surface area contributed by atoms with E-state index >= 15 is 0 Å². The zero-order valence-corrected chi connectivity index (χ0v) is 17.7. The number of aromatic carboxylic acids is 1. The third-order valence-electron chi connectivity index (χ3n) is 5.03. The van der Waals surface area contributed by atoms with Gasteiger partial charge in [-0.15, -0.1) is 0 Å². The Hall–Kier alpha value is -3.60. The van der Waals surface area contributed by atoms with Gasteiger partial charge in [0.05, 0.1) is 18.7 Å². The van der Waals surface area contributed by atoms with E-state index in [1.165, 1.54) is 0 Å². The van der Waals surface area contributed by atoms with Crippen LogP contribution in [-0.2, 0) is 17.8 Å². The summed E-state index contributed by atoms with van der Waals surface area (Å²) in [6.07, 6.45) is 1.73. The van der Waals surface area contributed by atoms with Gasteiger partial charge in [0.25, 0.3) is 0 Å². The predicted molar refractivity (Wildman–Crippen MR) is 122 cm³/mol. The van der Waals surface area contributed by atoms with Crippen LogP contribution in [-0.4, -0.2) is 23.6 Å².